The normalized spacial score (nSPS) is 0. The number of halogens is 6. The third-order valence-electron chi connectivity index (χ3n) is 0. The van der Waals surface area contributed by atoms with Crippen LogP contribution in [0.4, 0.5) is 0 Å². The van der Waals surface area contributed by atoms with Gasteiger partial charge in [0.1, 0.15) is 0 Å². The molecule has 0 aromatic rings. The summed E-state index contributed by atoms with van der Waals surface area (Å²) in [7, 11) is 0. The molecule has 0 aliphatic rings. The molecule has 0 N–H and O–H groups in total. The summed E-state index contributed by atoms with van der Waals surface area (Å²) < 4.78 is 0. The molecule has 48 valence electrons. The van der Waals surface area contributed by atoms with Gasteiger partial charge in [-0.15, -0.1) is 0 Å². The van der Waals surface area contributed by atoms with Crippen LogP contribution in [0.1, 0.15) is 0 Å². The summed E-state index contributed by atoms with van der Waals surface area (Å²) in [4.78, 5) is 0. The van der Waals surface area contributed by atoms with Gasteiger partial charge in [0, 0.05) is 0 Å². The summed E-state index contributed by atoms with van der Waals surface area (Å²) in [6.07, 6.45) is 0. The van der Waals surface area contributed by atoms with Crippen molar-refractivity contribution in [3.63, 3.8) is 0 Å². The minimum atomic E-state index is 0. The molecule has 0 saturated carbocycles. The molecule has 8 heavy (non-hydrogen) atoms. The maximum absolute atomic E-state index is 0. The van der Waals surface area contributed by atoms with Gasteiger partial charge in [-0.3, -0.25) is 0 Å². The molecule has 0 aliphatic carbocycles. The maximum atomic E-state index is 0. The summed E-state index contributed by atoms with van der Waals surface area (Å²) in [6.45, 7) is 0. The monoisotopic (exact) mass is 306 g/mol. The van der Waals surface area contributed by atoms with Gasteiger partial charge in [0.15, 0.2) is 0 Å². The average molecular weight is 308 g/mol. The van der Waals surface area contributed by atoms with E-state index >= 15 is 0 Å². The van der Waals surface area contributed by atoms with E-state index in [2.05, 4.69) is 0 Å². The first-order valence-corrected chi connectivity index (χ1v) is 0. The molecule has 0 bridgehead atoms. The van der Waals surface area contributed by atoms with Gasteiger partial charge in [-0.2, -0.15) is 0 Å². The molecule has 0 unspecified atom stereocenters. The van der Waals surface area contributed by atoms with Crippen LogP contribution in [-0.2, 0) is 43.4 Å². The van der Waals surface area contributed by atoms with E-state index in [1.807, 2.05) is 0 Å². The fraction of sp³-hybridized carbons (Fsp3) is 0. The van der Waals surface area contributed by atoms with Crippen LogP contribution in [0.25, 0.3) is 0 Å². The van der Waals surface area contributed by atoms with Crippen molar-refractivity contribution in [2.45, 2.75) is 0 Å². The van der Waals surface area contributed by atoms with Crippen molar-refractivity contribution in [1.29, 1.82) is 0 Å². The van der Waals surface area contributed by atoms with Crippen LogP contribution in [0.5, 0.6) is 0 Å². The zero-order valence-corrected chi connectivity index (χ0v) is 10.9. The summed E-state index contributed by atoms with van der Waals surface area (Å²) in [6, 6.07) is 0. The molecule has 0 rings (SSSR count). The third kappa shape index (κ3) is 60.9. The summed E-state index contributed by atoms with van der Waals surface area (Å²) in [5, 5.41) is 0. The van der Waals surface area contributed by atoms with Crippen LogP contribution in [0.2, 0.25) is 0 Å². The van der Waals surface area contributed by atoms with E-state index in [9.17, 15) is 0 Å². The van der Waals surface area contributed by atoms with Crippen LogP contribution in [0.15, 0.2) is 0 Å². The van der Waals surface area contributed by atoms with Crippen molar-refractivity contribution in [3.8, 4) is 0 Å². The van der Waals surface area contributed by atoms with E-state index < -0.39 is 0 Å². The summed E-state index contributed by atoms with van der Waals surface area (Å²) >= 11 is 0. The first-order valence-electron chi connectivity index (χ1n) is 0. The molecule has 0 nitrogen and oxygen atoms in total. The van der Waals surface area contributed by atoms with Crippen molar-refractivity contribution < 1.29 is 118 Å². The van der Waals surface area contributed by atoms with Gasteiger partial charge >= 0.3 is 43.4 Å². The van der Waals surface area contributed by atoms with Gasteiger partial charge in [-0.1, -0.05) is 0 Å². The minimum absolute atomic E-state index is 0. The summed E-state index contributed by atoms with van der Waals surface area (Å²) in [5.41, 5.74) is 0. The molecule has 0 saturated heterocycles. The molecule has 0 radical (unpaired) electrons. The number of hydrogen-bond donors (Lipinski definition) is 0. The topological polar surface area (TPSA) is 0 Å². The Morgan fingerprint density at radius 1 is 0.250 bits per heavy atom. The molecule has 0 aromatic heterocycles. The Hall–Kier alpha value is 3.17. The molecule has 0 atom stereocenters. The second-order valence-electron chi connectivity index (χ2n) is 0. The predicted octanol–water partition coefficient (Wildman–Crippen LogP) is -18.0. The fourth-order valence-corrected chi connectivity index (χ4v) is 0. The third-order valence-corrected chi connectivity index (χ3v) is 0. The van der Waals surface area contributed by atoms with E-state index in [1.165, 1.54) is 0 Å². The number of hydrogen-bond acceptors (Lipinski definition) is 0. The average Bonchev–Trinajstić information content (AvgIpc) is 0. The van der Waals surface area contributed by atoms with Crippen LogP contribution in [-0.4, -0.2) is 0 Å². The van der Waals surface area contributed by atoms with Crippen LogP contribution in [0, 0.1) is 0 Å². The van der Waals surface area contributed by atoms with Gasteiger partial charge < -0.3 is 74.4 Å². The number of rotatable bonds is 0. The van der Waals surface area contributed by atoms with Gasteiger partial charge in [-0.05, 0) is 0 Å². The second kappa shape index (κ2) is 85.1. The molecule has 0 fully saturated rings. The van der Waals surface area contributed by atoms with Crippen LogP contribution in [0.3, 0.4) is 0 Å². The molecular weight excluding hydrogens is 308 g/mol. The van der Waals surface area contributed by atoms with Crippen molar-refractivity contribution >= 4 is 0 Å². The van der Waals surface area contributed by atoms with Crippen molar-refractivity contribution in [2.24, 2.45) is 0 Å². The minimum Gasteiger partial charge on any atom is -1.00 e. The molecule has 8 heteroatoms. The molecule has 0 heterocycles. The van der Waals surface area contributed by atoms with Gasteiger partial charge in [0.2, 0.25) is 0 Å². The van der Waals surface area contributed by atoms with Crippen molar-refractivity contribution in [1.82, 2.24) is 0 Å². The second-order valence-corrected chi connectivity index (χ2v) is 0. The zero-order valence-electron chi connectivity index (χ0n) is 3.27. The van der Waals surface area contributed by atoms with Gasteiger partial charge in [0.05, 0.1) is 0 Å². The van der Waals surface area contributed by atoms with Crippen molar-refractivity contribution in [2.75, 3.05) is 0 Å². The largest absolute Gasteiger partial charge is 4.00 e. The Balaban J connectivity index is 0. The van der Waals surface area contributed by atoms with Crippen LogP contribution < -0.4 is 74.4 Å². The smallest absolute Gasteiger partial charge is 1.00 e. The summed E-state index contributed by atoms with van der Waals surface area (Å²) in [5.74, 6) is 0. The molecular formula is Cl6Ti2+2. The molecule has 0 aliphatic heterocycles. The van der Waals surface area contributed by atoms with E-state index in [1.54, 1.807) is 0 Å². The van der Waals surface area contributed by atoms with Gasteiger partial charge in [0.25, 0.3) is 0 Å². The Kier molecular flexibility index (Phi) is 1220. The standard InChI is InChI=1S/6ClH.2Ti/h6*1H;;/q;;;;;;2*+4/p-6. The van der Waals surface area contributed by atoms with E-state index in [4.69, 9.17) is 0 Å². The molecule has 0 amide bonds. The van der Waals surface area contributed by atoms with E-state index in [0.29, 0.717) is 0 Å². The fourth-order valence-electron chi connectivity index (χ4n) is 0. The van der Waals surface area contributed by atoms with E-state index in [0.717, 1.165) is 0 Å². The Bertz CT molecular complexity index is 6.49. The molecule has 0 aromatic carbocycles. The quantitative estimate of drug-likeness (QED) is 0.390. The Labute approximate surface area is 116 Å². The molecule has 0 spiro atoms. The Morgan fingerprint density at radius 2 is 0.250 bits per heavy atom. The zero-order chi connectivity index (χ0) is 0. The van der Waals surface area contributed by atoms with Crippen molar-refractivity contribution in [3.05, 3.63) is 0 Å². The predicted molar refractivity (Wildman–Crippen MR) is 0 cm³/mol. The van der Waals surface area contributed by atoms with Crippen LogP contribution >= 0.6 is 0 Å². The first kappa shape index (κ1) is 115. The van der Waals surface area contributed by atoms with E-state index in [-0.39, 0.29) is 118 Å². The Morgan fingerprint density at radius 3 is 0.250 bits per heavy atom. The van der Waals surface area contributed by atoms with Gasteiger partial charge in [-0.25, -0.2) is 0 Å². The first-order chi connectivity index (χ1) is 0. The SMILES string of the molecule is [Cl-].[Cl-].[Cl-].[Cl-].[Cl-].[Cl-].[Ti+4].[Ti+4]. The maximum Gasteiger partial charge on any atom is 4.00 e.